The van der Waals surface area contributed by atoms with Crippen molar-refractivity contribution in [2.24, 2.45) is 5.73 Å². The zero-order chi connectivity index (χ0) is 10.4. The van der Waals surface area contributed by atoms with Gasteiger partial charge < -0.3 is 10.5 Å². The first kappa shape index (κ1) is 11.1. The maximum Gasteiger partial charge on any atom is 0.123 e. The van der Waals surface area contributed by atoms with Gasteiger partial charge in [-0.05, 0) is 29.7 Å². The molecule has 0 amide bonds. The van der Waals surface area contributed by atoms with Crippen LogP contribution in [0.4, 0.5) is 4.39 Å². The lowest BCUT2D eigenvalue weighted by Crippen LogP contribution is -2.00. The fourth-order valence-corrected chi connectivity index (χ4v) is 1.25. The second-order valence-electron chi connectivity index (χ2n) is 3.22. The van der Waals surface area contributed by atoms with Gasteiger partial charge in [-0.3, -0.25) is 0 Å². The van der Waals surface area contributed by atoms with Crippen molar-refractivity contribution in [3.63, 3.8) is 0 Å². The lowest BCUT2D eigenvalue weighted by Gasteiger charge is -2.05. The molecule has 0 aliphatic heterocycles. The van der Waals surface area contributed by atoms with Crippen molar-refractivity contribution in [3.8, 4) is 0 Å². The Kier molecular flexibility index (Phi) is 4.56. The minimum Gasteiger partial charge on any atom is -0.377 e. The van der Waals surface area contributed by atoms with Crippen LogP contribution in [0, 0.1) is 5.82 Å². The summed E-state index contributed by atoms with van der Waals surface area (Å²) in [6.07, 6.45) is 0.971. The molecule has 0 unspecified atom stereocenters. The highest BCUT2D eigenvalue weighted by molar-refractivity contribution is 5.24. The maximum absolute atomic E-state index is 13.0. The number of halogens is 1. The number of hydrogen-bond donors (Lipinski definition) is 1. The van der Waals surface area contributed by atoms with Crippen molar-refractivity contribution in [1.82, 2.24) is 0 Å². The molecule has 0 radical (unpaired) electrons. The van der Waals surface area contributed by atoms with E-state index in [9.17, 15) is 4.39 Å². The molecule has 2 N–H and O–H groups in total. The minimum absolute atomic E-state index is 0.247. The van der Waals surface area contributed by atoms with Crippen molar-refractivity contribution in [2.75, 3.05) is 6.61 Å². The van der Waals surface area contributed by atoms with Crippen LogP contribution in [0.3, 0.4) is 0 Å². The molecule has 0 aliphatic rings. The Morgan fingerprint density at radius 2 is 2.00 bits per heavy atom. The van der Waals surface area contributed by atoms with Gasteiger partial charge in [-0.2, -0.15) is 0 Å². The third-order valence-electron chi connectivity index (χ3n) is 1.87. The van der Waals surface area contributed by atoms with Crippen LogP contribution in [0.5, 0.6) is 0 Å². The lowest BCUT2D eigenvalue weighted by molar-refractivity contribution is 0.121. The van der Waals surface area contributed by atoms with Crippen LogP contribution >= 0.6 is 0 Å². The summed E-state index contributed by atoms with van der Waals surface area (Å²) in [5, 5.41) is 0. The first-order valence-electron chi connectivity index (χ1n) is 4.82. The molecule has 2 nitrogen and oxygen atoms in total. The highest BCUT2D eigenvalue weighted by Crippen LogP contribution is 2.10. The van der Waals surface area contributed by atoms with Crippen LogP contribution in [-0.4, -0.2) is 6.61 Å². The Morgan fingerprint density at radius 3 is 2.64 bits per heavy atom. The van der Waals surface area contributed by atoms with E-state index in [1.807, 2.05) is 13.0 Å². The molecular formula is C11H16FNO. The Balaban J connectivity index is 2.62. The van der Waals surface area contributed by atoms with Crippen molar-refractivity contribution < 1.29 is 9.13 Å². The first-order chi connectivity index (χ1) is 6.76. The number of ether oxygens (including phenoxy) is 1. The highest BCUT2D eigenvalue weighted by Gasteiger charge is 1.99. The van der Waals surface area contributed by atoms with E-state index in [1.165, 1.54) is 12.1 Å². The Labute approximate surface area is 83.9 Å². The van der Waals surface area contributed by atoms with Gasteiger partial charge in [0.15, 0.2) is 0 Å². The molecule has 0 heterocycles. The van der Waals surface area contributed by atoms with E-state index < -0.39 is 0 Å². The van der Waals surface area contributed by atoms with Crippen molar-refractivity contribution >= 4 is 0 Å². The fourth-order valence-electron chi connectivity index (χ4n) is 1.25. The van der Waals surface area contributed by atoms with E-state index >= 15 is 0 Å². The first-order valence-corrected chi connectivity index (χ1v) is 4.82. The molecule has 0 spiro atoms. The van der Waals surface area contributed by atoms with Gasteiger partial charge in [-0.15, -0.1) is 0 Å². The molecule has 1 aromatic rings. The third-order valence-corrected chi connectivity index (χ3v) is 1.87. The van der Waals surface area contributed by atoms with Gasteiger partial charge in [0.1, 0.15) is 5.82 Å². The smallest absolute Gasteiger partial charge is 0.123 e. The molecule has 0 fully saturated rings. The summed E-state index contributed by atoms with van der Waals surface area (Å²) >= 11 is 0. The average molecular weight is 197 g/mol. The Morgan fingerprint density at radius 1 is 1.29 bits per heavy atom. The predicted molar refractivity (Wildman–Crippen MR) is 54.2 cm³/mol. The molecule has 0 atom stereocenters. The maximum atomic E-state index is 13.0. The van der Waals surface area contributed by atoms with Gasteiger partial charge >= 0.3 is 0 Å². The van der Waals surface area contributed by atoms with E-state index in [2.05, 4.69) is 0 Å². The molecule has 78 valence electrons. The zero-order valence-corrected chi connectivity index (χ0v) is 8.42. The Hall–Kier alpha value is -0.930. The summed E-state index contributed by atoms with van der Waals surface area (Å²) in [5.74, 6) is -0.247. The number of rotatable bonds is 5. The topological polar surface area (TPSA) is 35.2 Å². The van der Waals surface area contributed by atoms with E-state index in [0.29, 0.717) is 19.8 Å². The van der Waals surface area contributed by atoms with Crippen LogP contribution in [0.1, 0.15) is 24.5 Å². The molecule has 1 aromatic carbocycles. The quantitative estimate of drug-likeness (QED) is 0.734. The molecule has 0 saturated carbocycles. The van der Waals surface area contributed by atoms with Gasteiger partial charge in [0.05, 0.1) is 6.61 Å². The SMILES string of the molecule is CCCOCc1cc(F)cc(CN)c1. The normalized spacial score (nSPS) is 10.5. The van der Waals surface area contributed by atoms with Gasteiger partial charge in [-0.1, -0.05) is 13.0 Å². The summed E-state index contributed by atoms with van der Waals surface area (Å²) in [6.45, 7) is 3.56. The van der Waals surface area contributed by atoms with Crippen LogP contribution < -0.4 is 5.73 Å². The Bertz CT molecular complexity index is 289. The molecular weight excluding hydrogens is 181 g/mol. The molecule has 0 aliphatic carbocycles. The van der Waals surface area contributed by atoms with Crippen LogP contribution in [-0.2, 0) is 17.9 Å². The van der Waals surface area contributed by atoms with Gasteiger partial charge in [0.25, 0.3) is 0 Å². The largest absolute Gasteiger partial charge is 0.377 e. The fraction of sp³-hybridized carbons (Fsp3) is 0.455. The molecule has 14 heavy (non-hydrogen) atoms. The second-order valence-corrected chi connectivity index (χ2v) is 3.22. The minimum atomic E-state index is -0.247. The summed E-state index contributed by atoms with van der Waals surface area (Å²) in [7, 11) is 0. The predicted octanol–water partition coefficient (Wildman–Crippen LogP) is 2.21. The van der Waals surface area contributed by atoms with E-state index in [4.69, 9.17) is 10.5 Å². The standard InChI is InChI=1S/C11H16FNO/c1-2-3-14-8-10-4-9(7-13)5-11(12)6-10/h4-6H,2-3,7-8,13H2,1H3. The summed E-state index contributed by atoms with van der Waals surface area (Å²) in [5.41, 5.74) is 7.09. The van der Waals surface area contributed by atoms with E-state index in [-0.39, 0.29) is 5.82 Å². The number of benzene rings is 1. The van der Waals surface area contributed by atoms with Crippen molar-refractivity contribution in [2.45, 2.75) is 26.5 Å². The molecule has 0 saturated heterocycles. The van der Waals surface area contributed by atoms with Crippen LogP contribution in [0.25, 0.3) is 0 Å². The summed E-state index contributed by atoms with van der Waals surface area (Å²) < 4.78 is 18.3. The van der Waals surface area contributed by atoms with E-state index in [0.717, 1.165) is 17.5 Å². The third kappa shape index (κ3) is 3.44. The van der Waals surface area contributed by atoms with Gasteiger partial charge in [-0.25, -0.2) is 4.39 Å². The lowest BCUT2D eigenvalue weighted by atomic mass is 10.1. The monoisotopic (exact) mass is 197 g/mol. The number of nitrogens with two attached hydrogens (primary N) is 1. The molecule has 1 rings (SSSR count). The molecule has 0 aromatic heterocycles. The van der Waals surface area contributed by atoms with Crippen LogP contribution in [0.15, 0.2) is 18.2 Å². The average Bonchev–Trinajstić information content (AvgIpc) is 2.17. The van der Waals surface area contributed by atoms with Gasteiger partial charge in [0, 0.05) is 13.2 Å². The zero-order valence-electron chi connectivity index (χ0n) is 8.42. The van der Waals surface area contributed by atoms with Crippen molar-refractivity contribution in [3.05, 3.63) is 35.1 Å². The van der Waals surface area contributed by atoms with E-state index in [1.54, 1.807) is 0 Å². The highest BCUT2D eigenvalue weighted by atomic mass is 19.1. The number of hydrogen-bond acceptors (Lipinski definition) is 2. The van der Waals surface area contributed by atoms with Crippen molar-refractivity contribution in [1.29, 1.82) is 0 Å². The molecule has 3 heteroatoms. The van der Waals surface area contributed by atoms with Crippen LogP contribution in [0.2, 0.25) is 0 Å². The molecule has 0 bridgehead atoms. The second kappa shape index (κ2) is 5.73. The van der Waals surface area contributed by atoms with Gasteiger partial charge in [0.2, 0.25) is 0 Å². The summed E-state index contributed by atoms with van der Waals surface area (Å²) in [4.78, 5) is 0. The summed E-state index contributed by atoms with van der Waals surface area (Å²) in [6, 6.07) is 4.80.